The fourth-order valence-corrected chi connectivity index (χ4v) is 5.26. The number of aryl methyl sites for hydroxylation is 2. The zero-order chi connectivity index (χ0) is 19.0. The van der Waals surface area contributed by atoms with Crippen LogP contribution < -0.4 is 0 Å². The monoisotopic (exact) mass is 388 g/mol. The van der Waals surface area contributed by atoms with Crippen molar-refractivity contribution < 1.29 is 12.9 Å². The zero-order valence-corrected chi connectivity index (χ0v) is 15.9. The van der Waals surface area contributed by atoms with Crippen molar-refractivity contribution in [3.8, 4) is 11.4 Å². The second kappa shape index (κ2) is 6.86. The molecule has 10 heteroatoms. The van der Waals surface area contributed by atoms with Crippen molar-refractivity contribution in [2.75, 3.05) is 13.1 Å². The molecule has 142 valence electrons. The zero-order valence-electron chi connectivity index (χ0n) is 15.1. The van der Waals surface area contributed by atoms with Crippen LogP contribution in [0, 0.1) is 19.8 Å². The summed E-state index contributed by atoms with van der Waals surface area (Å²) >= 11 is 0. The SMILES string of the molecule is Cc1noc(C)c1S(=O)(=O)N1CCC(Cc2nc(-c3cccnc3)n[nH]2)C1. The molecule has 3 aromatic rings. The first kappa shape index (κ1) is 17.8. The molecule has 0 aliphatic carbocycles. The van der Waals surface area contributed by atoms with Gasteiger partial charge in [0.05, 0.1) is 0 Å². The van der Waals surface area contributed by atoms with Gasteiger partial charge in [0.15, 0.2) is 11.6 Å². The summed E-state index contributed by atoms with van der Waals surface area (Å²) in [4.78, 5) is 8.76. The summed E-state index contributed by atoms with van der Waals surface area (Å²) in [5.74, 6) is 1.84. The molecule has 0 aromatic carbocycles. The smallest absolute Gasteiger partial charge is 0.248 e. The molecule has 4 rings (SSSR count). The van der Waals surface area contributed by atoms with Crippen LogP contribution in [-0.4, -0.2) is 51.1 Å². The van der Waals surface area contributed by atoms with E-state index in [0.29, 0.717) is 36.8 Å². The third kappa shape index (κ3) is 3.37. The third-order valence-corrected chi connectivity index (χ3v) is 6.86. The van der Waals surface area contributed by atoms with Crippen molar-refractivity contribution in [1.82, 2.24) is 29.6 Å². The normalized spacial score (nSPS) is 18.2. The molecule has 0 bridgehead atoms. The van der Waals surface area contributed by atoms with Crippen molar-refractivity contribution in [1.29, 1.82) is 0 Å². The van der Waals surface area contributed by atoms with Crippen LogP contribution in [0.15, 0.2) is 33.9 Å². The highest BCUT2D eigenvalue weighted by Crippen LogP contribution is 2.29. The van der Waals surface area contributed by atoms with E-state index in [1.165, 1.54) is 4.31 Å². The summed E-state index contributed by atoms with van der Waals surface area (Å²) in [5, 5.41) is 10.9. The summed E-state index contributed by atoms with van der Waals surface area (Å²) in [5.41, 5.74) is 1.24. The van der Waals surface area contributed by atoms with E-state index in [2.05, 4.69) is 25.3 Å². The lowest BCUT2D eigenvalue weighted by Crippen LogP contribution is -2.29. The van der Waals surface area contributed by atoms with Gasteiger partial charge < -0.3 is 4.52 Å². The van der Waals surface area contributed by atoms with Crippen LogP contribution in [0.25, 0.3) is 11.4 Å². The van der Waals surface area contributed by atoms with Crippen molar-refractivity contribution in [2.45, 2.75) is 31.6 Å². The minimum atomic E-state index is -3.60. The van der Waals surface area contributed by atoms with Crippen LogP contribution in [-0.2, 0) is 16.4 Å². The number of nitrogens with zero attached hydrogens (tertiary/aromatic N) is 5. The molecule has 0 saturated carbocycles. The van der Waals surface area contributed by atoms with Gasteiger partial charge >= 0.3 is 0 Å². The lowest BCUT2D eigenvalue weighted by molar-refractivity contribution is 0.389. The first-order valence-electron chi connectivity index (χ1n) is 8.70. The molecule has 0 amide bonds. The van der Waals surface area contributed by atoms with Crippen molar-refractivity contribution in [3.05, 3.63) is 41.8 Å². The number of H-pyrrole nitrogens is 1. The maximum Gasteiger partial charge on any atom is 0.248 e. The highest BCUT2D eigenvalue weighted by Gasteiger charge is 2.36. The van der Waals surface area contributed by atoms with Crippen molar-refractivity contribution in [2.24, 2.45) is 5.92 Å². The van der Waals surface area contributed by atoms with Gasteiger partial charge in [-0.1, -0.05) is 5.16 Å². The largest absolute Gasteiger partial charge is 0.360 e. The van der Waals surface area contributed by atoms with E-state index in [0.717, 1.165) is 17.8 Å². The fraction of sp³-hybridized carbons (Fsp3) is 0.412. The van der Waals surface area contributed by atoms with Gasteiger partial charge in [-0.05, 0) is 38.3 Å². The van der Waals surface area contributed by atoms with Crippen LogP contribution in [0.1, 0.15) is 23.7 Å². The summed E-state index contributed by atoms with van der Waals surface area (Å²) in [6, 6.07) is 3.73. The summed E-state index contributed by atoms with van der Waals surface area (Å²) in [7, 11) is -3.60. The van der Waals surface area contributed by atoms with Crippen LogP contribution in [0.3, 0.4) is 0 Å². The van der Waals surface area contributed by atoms with Gasteiger partial charge in [-0.15, -0.1) is 0 Å². The number of pyridine rings is 1. The Morgan fingerprint density at radius 1 is 1.37 bits per heavy atom. The number of aromatic amines is 1. The van der Waals surface area contributed by atoms with E-state index in [1.54, 1.807) is 26.2 Å². The van der Waals surface area contributed by atoms with Crippen molar-refractivity contribution in [3.63, 3.8) is 0 Å². The minimum absolute atomic E-state index is 0.176. The van der Waals surface area contributed by atoms with Crippen LogP contribution in [0.2, 0.25) is 0 Å². The average molecular weight is 388 g/mol. The van der Waals surface area contributed by atoms with Gasteiger partial charge in [0.1, 0.15) is 16.4 Å². The number of sulfonamides is 1. The standard InChI is InChI=1S/C17H20N6O3S/c1-11-16(12(2)26-22-11)27(24,25)23-7-5-13(10-23)8-15-19-17(21-20-15)14-4-3-6-18-9-14/h3-4,6,9,13H,5,7-8,10H2,1-2H3,(H,19,20,21). The molecule has 0 radical (unpaired) electrons. The van der Waals surface area contributed by atoms with E-state index in [-0.39, 0.29) is 10.8 Å². The summed E-state index contributed by atoms with van der Waals surface area (Å²) in [6.45, 7) is 4.18. The Morgan fingerprint density at radius 2 is 2.22 bits per heavy atom. The maximum atomic E-state index is 12.9. The highest BCUT2D eigenvalue weighted by atomic mass is 32.2. The lowest BCUT2D eigenvalue weighted by Gasteiger charge is -2.16. The third-order valence-electron chi connectivity index (χ3n) is 4.75. The molecule has 3 aromatic heterocycles. The molecule has 9 nitrogen and oxygen atoms in total. The Hall–Kier alpha value is -2.59. The molecule has 1 aliphatic heterocycles. The van der Waals surface area contributed by atoms with E-state index in [1.807, 2.05) is 12.1 Å². The van der Waals surface area contributed by atoms with E-state index < -0.39 is 10.0 Å². The molecular weight excluding hydrogens is 368 g/mol. The van der Waals surface area contributed by atoms with Gasteiger partial charge in [-0.2, -0.15) is 9.40 Å². The molecule has 0 spiro atoms. The maximum absolute atomic E-state index is 12.9. The summed E-state index contributed by atoms with van der Waals surface area (Å²) < 4.78 is 32.3. The topological polar surface area (TPSA) is 118 Å². The Bertz CT molecular complexity index is 1020. The number of rotatable bonds is 5. The number of hydrogen-bond donors (Lipinski definition) is 1. The van der Waals surface area contributed by atoms with Crippen molar-refractivity contribution >= 4 is 10.0 Å². The second-order valence-corrected chi connectivity index (χ2v) is 8.60. The number of hydrogen-bond acceptors (Lipinski definition) is 7. The van der Waals surface area contributed by atoms with Crippen LogP contribution in [0.4, 0.5) is 0 Å². The minimum Gasteiger partial charge on any atom is -0.360 e. The Labute approximate surface area is 156 Å². The quantitative estimate of drug-likeness (QED) is 0.707. The molecule has 4 heterocycles. The molecule has 27 heavy (non-hydrogen) atoms. The lowest BCUT2D eigenvalue weighted by atomic mass is 10.1. The molecule has 1 saturated heterocycles. The van der Waals surface area contributed by atoms with Gasteiger partial charge in [0.25, 0.3) is 0 Å². The number of aromatic nitrogens is 5. The molecule has 1 N–H and O–H groups in total. The van der Waals surface area contributed by atoms with Gasteiger partial charge in [-0.3, -0.25) is 10.1 Å². The summed E-state index contributed by atoms with van der Waals surface area (Å²) in [6.07, 6.45) is 4.82. The Kier molecular flexibility index (Phi) is 4.52. The van der Waals surface area contributed by atoms with E-state index >= 15 is 0 Å². The fourth-order valence-electron chi connectivity index (χ4n) is 3.44. The molecule has 1 fully saturated rings. The van der Waals surface area contributed by atoms with Crippen LogP contribution in [0.5, 0.6) is 0 Å². The molecule has 1 atom stereocenters. The first-order chi connectivity index (χ1) is 12.9. The molecule has 1 aliphatic rings. The Balaban J connectivity index is 1.46. The predicted octanol–water partition coefficient (Wildman–Crippen LogP) is 1.72. The highest BCUT2D eigenvalue weighted by molar-refractivity contribution is 7.89. The Morgan fingerprint density at radius 3 is 2.93 bits per heavy atom. The van der Waals surface area contributed by atoms with Crippen LogP contribution >= 0.6 is 0 Å². The van der Waals surface area contributed by atoms with E-state index in [4.69, 9.17) is 4.52 Å². The second-order valence-electron chi connectivity index (χ2n) is 6.72. The van der Waals surface area contributed by atoms with Gasteiger partial charge in [0, 0.05) is 37.5 Å². The number of nitrogens with one attached hydrogen (secondary N) is 1. The predicted molar refractivity (Wildman–Crippen MR) is 96.2 cm³/mol. The van der Waals surface area contributed by atoms with Gasteiger partial charge in [-0.25, -0.2) is 13.4 Å². The first-order valence-corrected chi connectivity index (χ1v) is 10.1. The van der Waals surface area contributed by atoms with E-state index in [9.17, 15) is 8.42 Å². The van der Waals surface area contributed by atoms with Gasteiger partial charge in [0.2, 0.25) is 10.0 Å². The molecule has 1 unspecified atom stereocenters. The average Bonchev–Trinajstić information content (AvgIpc) is 3.37. The molecular formula is C17H20N6O3S.